The number of carbonyl (C=O) groups excluding carboxylic acids is 1. The summed E-state index contributed by atoms with van der Waals surface area (Å²) in [4.78, 5) is 13.6. The van der Waals surface area contributed by atoms with Crippen molar-refractivity contribution in [2.24, 2.45) is 0 Å². The van der Waals surface area contributed by atoms with Gasteiger partial charge in [0.05, 0.1) is 18.6 Å². The zero-order valence-electron chi connectivity index (χ0n) is 16.2. The molecule has 0 aliphatic carbocycles. The molecule has 150 valence electrons. The minimum Gasteiger partial charge on any atom is -0.497 e. The summed E-state index contributed by atoms with van der Waals surface area (Å²) in [7, 11) is 1.57. The number of methoxy groups -OCH3 is 1. The molecule has 0 spiro atoms. The Balaban J connectivity index is 1.45. The Labute approximate surface area is 178 Å². The molecule has 1 N–H and O–H groups in total. The molecule has 1 amide bonds. The second-order valence-corrected chi connectivity index (χ2v) is 7.36. The van der Waals surface area contributed by atoms with Crippen LogP contribution in [0.25, 0.3) is 11.5 Å². The molecule has 0 saturated carbocycles. The Kier molecular flexibility index (Phi) is 6.10. The smallest absolute Gasteiger partial charge is 0.255 e. The fourth-order valence-corrected chi connectivity index (χ4v) is 3.65. The molecule has 1 heterocycles. The van der Waals surface area contributed by atoms with Crippen molar-refractivity contribution < 1.29 is 13.9 Å². The summed E-state index contributed by atoms with van der Waals surface area (Å²) in [6.45, 7) is 0. The minimum atomic E-state index is -0.203. The number of aromatic nitrogens is 2. The normalized spacial score (nSPS) is 10.6. The van der Waals surface area contributed by atoms with Crippen molar-refractivity contribution in [1.29, 1.82) is 0 Å². The van der Waals surface area contributed by atoms with Crippen LogP contribution in [0.4, 0.5) is 5.69 Å². The third kappa shape index (κ3) is 4.69. The van der Waals surface area contributed by atoms with Crippen molar-refractivity contribution in [2.75, 3.05) is 12.4 Å². The standard InChI is InChI=1S/C23H19N3O3S/c1-28-18-11-7-10-17(14-18)22(27)24-19-12-5-6-13-20(19)30-15-21-25-26-23(29-21)16-8-3-2-4-9-16/h2-14H,15H2,1H3,(H,24,27). The number of benzene rings is 3. The van der Waals surface area contributed by atoms with E-state index in [0.717, 1.165) is 16.1 Å². The van der Waals surface area contributed by atoms with Crippen molar-refractivity contribution in [3.63, 3.8) is 0 Å². The van der Waals surface area contributed by atoms with E-state index in [4.69, 9.17) is 9.15 Å². The van der Waals surface area contributed by atoms with Crippen LogP contribution in [0.2, 0.25) is 0 Å². The fourth-order valence-electron chi connectivity index (χ4n) is 2.80. The zero-order valence-corrected chi connectivity index (χ0v) is 17.1. The van der Waals surface area contributed by atoms with E-state index >= 15 is 0 Å². The van der Waals surface area contributed by atoms with Gasteiger partial charge in [0.15, 0.2) is 0 Å². The van der Waals surface area contributed by atoms with Gasteiger partial charge in [-0.2, -0.15) is 0 Å². The lowest BCUT2D eigenvalue weighted by Crippen LogP contribution is -2.12. The highest BCUT2D eigenvalue weighted by atomic mass is 32.2. The van der Waals surface area contributed by atoms with Crippen LogP contribution in [0.3, 0.4) is 0 Å². The van der Waals surface area contributed by atoms with Crippen LogP contribution in [-0.4, -0.2) is 23.2 Å². The molecule has 6 nitrogen and oxygen atoms in total. The highest BCUT2D eigenvalue weighted by Gasteiger charge is 2.13. The Morgan fingerprint density at radius 3 is 2.63 bits per heavy atom. The number of thioether (sulfide) groups is 1. The van der Waals surface area contributed by atoms with Gasteiger partial charge in [-0.3, -0.25) is 4.79 Å². The van der Waals surface area contributed by atoms with Crippen molar-refractivity contribution in [2.45, 2.75) is 10.6 Å². The fraction of sp³-hybridized carbons (Fsp3) is 0.0870. The summed E-state index contributed by atoms with van der Waals surface area (Å²) >= 11 is 1.52. The number of carbonyl (C=O) groups is 1. The Morgan fingerprint density at radius 2 is 1.80 bits per heavy atom. The van der Waals surface area contributed by atoms with E-state index in [2.05, 4.69) is 15.5 Å². The van der Waals surface area contributed by atoms with E-state index in [1.807, 2.05) is 54.6 Å². The molecule has 7 heteroatoms. The first-order chi connectivity index (χ1) is 14.7. The van der Waals surface area contributed by atoms with Crippen molar-refractivity contribution in [1.82, 2.24) is 10.2 Å². The van der Waals surface area contributed by atoms with Crippen LogP contribution in [0.5, 0.6) is 5.75 Å². The second-order valence-electron chi connectivity index (χ2n) is 6.34. The molecular formula is C23H19N3O3S. The molecule has 0 aliphatic rings. The Morgan fingerprint density at radius 1 is 1.00 bits per heavy atom. The number of ether oxygens (including phenoxy) is 1. The third-order valence-electron chi connectivity index (χ3n) is 4.31. The molecule has 0 fully saturated rings. The van der Waals surface area contributed by atoms with Gasteiger partial charge in [-0.1, -0.05) is 36.4 Å². The maximum absolute atomic E-state index is 12.7. The van der Waals surface area contributed by atoms with E-state index in [1.165, 1.54) is 11.8 Å². The van der Waals surface area contributed by atoms with Crippen LogP contribution in [0.15, 0.2) is 88.2 Å². The van der Waals surface area contributed by atoms with Gasteiger partial charge in [-0.15, -0.1) is 22.0 Å². The van der Waals surface area contributed by atoms with E-state index in [0.29, 0.717) is 28.8 Å². The number of nitrogens with zero attached hydrogens (tertiary/aromatic N) is 2. The topological polar surface area (TPSA) is 77.2 Å². The van der Waals surface area contributed by atoms with E-state index in [1.54, 1.807) is 31.4 Å². The van der Waals surface area contributed by atoms with Gasteiger partial charge in [0.25, 0.3) is 5.91 Å². The molecule has 30 heavy (non-hydrogen) atoms. The summed E-state index contributed by atoms with van der Waals surface area (Å²) in [5.41, 5.74) is 2.13. The van der Waals surface area contributed by atoms with Gasteiger partial charge in [0.1, 0.15) is 5.75 Å². The van der Waals surface area contributed by atoms with Gasteiger partial charge < -0.3 is 14.5 Å². The van der Waals surface area contributed by atoms with E-state index in [-0.39, 0.29) is 5.91 Å². The van der Waals surface area contributed by atoms with Crippen molar-refractivity contribution in [3.8, 4) is 17.2 Å². The molecule has 4 rings (SSSR count). The largest absolute Gasteiger partial charge is 0.497 e. The van der Waals surface area contributed by atoms with Crippen LogP contribution in [-0.2, 0) is 5.75 Å². The first kappa shape index (κ1) is 19.7. The number of hydrogen-bond acceptors (Lipinski definition) is 6. The lowest BCUT2D eigenvalue weighted by molar-refractivity contribution is 0.102. The molecular weight excluding hydrogens is 398 g/mol. The average molecular weight is 417 g/mol. The Hall–Kier alpha value is -3.58. The minimum absolute atomic E-state index is 0.203. The van der Waals surface area contributed by atoms with Crippen LogP contribution in [0, 0.1) is 0 Å². The van der Waals surface area contributed by atoms with Crippen LogP contribution >= 0.6 is 11.8 Å². The SMILES string of the molecule is COc1cccc(C(=O)Nc2ccccc2SCc2nnc(-c3ccccc3)o2)c1. The maximum atomic E-state index is 12.7. The van der Waals surface area contributed by atoms with Crippen LogP contribution in [0.1, 0.15) is 16.2 Å². The monoisotopic (exact) mass is 417 g/mol. The lowest BCUT2D eigenvalue weighted by atomic mass is 10.2. The predicted molar refractivity (Wildman–Crippen MR) is 117 cm³/mol. The maximum Gasteiger partial charge on any atom is 0.255 e. The molecule has 0 aliphatic heterocycles. The molecule has 3 aromatic carbocycles. The molecule has 0 radical (unpaired) electrons. The van der Waals surface area contributed by atoms with Gasteiger partial charge in [0.2, 0.25) is 11.8 Å². The second kappa shape index (κ2) is 9.28. The van der Waals surface area contributed by atoms with E-state index in [9.17, 15) is 4.79 Å². The van der Waals surface area contributed by atoms with Crippen molar-refractivity contribution in [3.05, 3.63) is 90.3 Å². The van der Waals surface area contributed by atoms with Crippen molar-refractivity contribution >= 4 is 23.4 Å². The number of amides is 1. The third-order valence-corrected chi connectivity index (χ3v) is 5.36. The summed E-state index contributed by atoms with van der Waals surface area (Å²) in [5, 5.41) is 11.2. The number of hydrogen-bond donors (Lipinski definition) is 1. The van der Waals surface area contributed by atoms with Crippen LogP contribution < -0.4 is 10.1 Å². The summed E-state index contributed by atoms with van der Waals surface area (Å²) < 4.78 is 11.0. The van der Waals surface area contributed by atoms with Gasteiger partial charge in [-0.25, -0.2) is 0 Å². The molecule has 0 unspecified atom stereocenters. The quantitative estimate of drug-likeness (QED) is 0.412. The lowest BCUT2D eigenvalue weighted by Gasteiger charge is -2.10. The molecule has 4 aromatic rings. The Bertz CT molecular complexity index is 1150. The van der Waals surface area contributed by atoms with Gasteiger partial charge >= 0.3 is 0 Å². The number of rotatable bonds is 7. The molecule has 0 bridgehead atoms. The van der Waals surface area contributed by atoms with Gasteiger partial charge in [-0.05, 0) is 42.5 Å². The first-order valence-electron chi connectivity index (χ1n) is 9.28. The van der Waals surface area contributed by atoms with E-state index < -0.39 is 0 Å². The molecule has 0 saturated heterocycles. The predicted octanol–water partition coefficient (Wildman–Crippen LogP) is 5.29. The zero-order chi connectivity index (χ0) is 20.8. The first-order valence-corrected chi connectivity index (χ1v) is 10.3. The summed E-state index contributed by atoms with van der Waals surface area (Å²) in [6.07, 6.45) is 0. The highest BCUT2D eigenvalue weighted by Crippen LogP contribution is 2.30. The van der Waals surface area contributed by atoms with Gasteiger partial charge in [0, 0.05) is 16.0 Å². The average Bonchev–Trinajstić information content (AvgIpc) is 3.28. The summed E-state index contributed by atoms with van der Waals surface area (Å²) in [6, 6.07) is 24.3. The molecule has 1 aromatic heterocycles. The summed E-state index contributed by atoms with van der Waals surface area (Å²) in [5.74, 6) is 1.94. The highest BCUT2D eigenvalue weighted by molar-refractivity contribution is 7.98. The number of para-hydroxylation sites is 1. The molecule has 0 atom stereocenters. The number of anilines is 1. The number of nitrogens with one attached hydrogen (secondary N) is 1.